The number of pyridine rings is 1. The van der Waals surface area contributed by atoms with E-state index in [1.165, 1.54) is 12.3 Å². The number of non-ortho nitro benzene ring substituents is 1. The van der Waals surface area contributed by atoms with Crippen molar-refractivity contribution in [1.82, 2.24) is 19.2 Å². The molecule has 0 radical (unpaired) electrons. The van der Waals surface area contributed by atoms with Gasteiger partial charge in [-0.1, -0.05) is 42.5 Å². The Hall–Kier alpha value is -4.76. The van der Waals surface area contributed by atoms with Gasteiger partial charge in [0, 0.05) is 56.6 Å². The van der Waals surface area contributed by atoms with Gasteiger partial charge in [0.05, 0.1) is 22.6 Å². The van der Waals surface area contributed by atoms with Gasteiger partial charge in [-0.05, 0) is 35.4 Å². The Morgan fingerprint density at radius 2 is 1.68 bits per heavy atom. The van der Waals surface area contributed by atoms with Gasteiger partial charge in [0.15, 0.2) is 5.76 Å². The number of hydrogen-bond acceptors (Lipinski definition) is 6. The Morgan fingerprint density at radius 3 is 2.42 bits per heavy atom. The second kappa shape index (κ2) is 9.95. The Morgan fingerprint density at radius 1 is 0.895 bits per heavy atom. The number of furan rings is 1. The number of rotatable bonds is 6. The molecular weight excluding hydrogens is 482 g/mol. The van der Waals surface area contributed by atoms with E-state index in [-0.39, 0.29) is 16.5 Å². The number of amides is 1. The Labute approximate surface area is 218 Å². The second-order valence-corrected chi connectivity index (χ2v) is 9.27. The maximum absolute atomic E-state index is 12.7. The molecule has 0 unspecified atom stereocenters. The number of hydrogen-bond donors (Lipinski definition) is 0. The highest BCUT2D eigenvalue weighted by molar-refractivity contribution is 5.91. The normalized spacial score (nSPS) is 14.2. The standard InChI is InChI=1S/C29H25N5O4/c35-29(26-10-5-17-38-26)32-15-13-31(14-16-32)20-25-28(22-8-4-9-24(18-22)34(36)37)30-27-12-11-23(19-33(25)27)21-6-2-1-3-7-21/h1-12,17-19H,13-16,20H2. The van der Waals surface area contributed by atoms with Crippen molar-refractivity contribution in [3.63, 3.8) is 0 Å². The molecule has 1 aliphatic heterocycles. The van der Waals surface area contributed by atoms with Crippen LogP contribution in [0.1, 0.15) is 16.2 Å². The lowest BCUT2D eigenvalue weighted by molar-refractivity contribution is -0.384. The quantitative estimate of drug-likeness (QED) is 0.234. The summed E-state index contributed by atoms with van der Waals surface area (Å²) < 4.78 is 7.36. The van der Waals surface area contributed by atoms with Crippen molar-refractivity contribution in [2.24, 2.45) is 0 Å². The van der Waals surface area contributed by atoms with Crippen LogP contribution in [0, 0.1) is 10.1 Å². The van der Waals surface area contributed by atoms with Gasteiger partial charge in [-0.15, -0.1) is 0 Å². The van der Waals surface area contributed by atoms with E-state index in [4.69, 9.17) is 9.40 Å². The first kappa shape index (κ1) is 23.6. The molecule has 1 saturated heterocycles. The maximum Gasteiger partial charge on any atom is 0.289 e. The summed E-state index contributed by atoms with van der Waals surface area (Å²) in [5.74, 6) is 0.246. The molecule has 0 aliphatic carbocycles. The fourth-order valence-corrected chi connectivity index (χ4v) is 4.92. The summed E-state index contributed by atoms with van der Waals surface area (Å²) in [7, 11) is 0. The van der Waals surface area contributed by atoms with E-state index in [2.05, 4.69) is 27.6 Å². The molecule has 0 saturated carbocycles. The third-order valence-corrected chi connectivity index (χ3v) is 6.92. The van der Waals surface area contributed by atoms with Gasteiger partial charge in [0.2, 0.25) is 0 Å². The SMILES string of the molecule is O=C(c1ccco1)N1CCN(Cc2c(-c3cccc([N+](=O)[O-])c3)nc3ccc(-c4ccccc4)cn23)CC1. The van der Waals surface area contributed by atoms with Gasteiger partial charge >= 0.3 is 0 Å². The number of nitro benzene ring substituents is 1. The fourth-order valence-electron chi connectivity index (χ4n) is 4.92. The van der Waals surface area contributed by atoms with E-state index >= 15 is 0 Å². The summed E-state index contributed by atoms with van der Waals surface area (Å²) >= 11 is 0. The Bertz CT molecular complexity index is 1600. The summed E-state index contributed by atoms with van der Waals surface area (Å²) in [6.45, 7) is 3.12. The van der Waals surface area contributed by atoms with Crippen molar-refractivity contribution in [2.45, 2.75) is 6.54 Å². The molecule has 4 heterocycles. The highest BCUT2D eigenvalue weighted by Gasteiger charge is 2.26. The molecular formula is C29H25N5O4. The van der Waals surface area contributed by atoms with E-state index in [1.807, 2.05) is 36.4 Å². The second-order valence-electron chi connectivity index (χ2n) is 9.27. The van der Waals surface area contributed by atoms with Crippen LogP contribution < -0.4 is 0 Å². The molecule has 1 aliphatic rings. The van der Waals surface area contributed by atoms with E-state index in [0.29, 0.717) is 49.7 Å². The van der Waals surface area contributed by atoms with Crippen LogP contribution in [0.2, 0.25) is 0 Å². The molecule has 190 valence electrons. The number of benzene rings is 2. The van der Waals surface area contributed by atoms with Gasteiger partial charge in [-0.25, -0.2) is 4.98 Å². The van der Waals surface area contributed by atoms with E-state index in [1.54, 1.807) is 29.2 Å². The molecule has 1 fully saturated rings. The number of carbonyl (C=O) groups is 1. The van der Waals surface area contributed by atoms with Crippen molar-refractivity contribution in [3.8, 4) is 22.4 Å². The zero-order chi connectivity index (χ0) is 26.1. The fraction of sp³-hybridized carbons (Fsp3) is 0.172. The van der Waals surface area contributed by atoms with Crippen LogP contribution in [0.5, 0.6) is 0 Å². The van der Waals surface area contributed by atoms with E-state index in [9.17, 15) is 14.9 Å². The van der Waals surface area contributed by atoms with Crippen LogP contribution in [0.25, 0.3) is 28.0 Å². The van der Waals surface area contributed by atoms with E-state index in [0.717, 1.165) is 22.5 Å². The monoisotopic (exact) mass is 507 g/mol. The minimum absolute atomic E-state index is 0.0283. The zero-order valence-corrected chi connectivity index (χ0v) is 20.6. The lowest BCUT2D eigenvalue weighted by Gasteiger charge is -2.34. The highest BCUT2D eigenvalue weighted by atomic mass is 16.6. The van der Waals surface area contributed by atoms with Crippen molar-refractivity contribution < 1.29 is 14.1 Å². The van der Waals surface area contributed by atoms with Crippen LogP contribution in [-0.2, 0) is 6.54 Å². The maximum atomic E-state index is 12.7. The first-order valence-corrected chi connectivity index (χ1v) is 12.4. The molecule has 0 bridgehead atoms. The number of nitrogens with zero attached hydrogens (tertiary/aromatic N) is 5. The highest BCUT2D eigenvalue weighted by Crippen LogP contribution is 2.30. The third-order valence-electron chi connectivity index (χ3n) is 6.92. The molecule has 0 N–H and O–H groups in total. The lowest BCUT2D eigenvalue weighted by atomic mass is 10.1. The minimum atomic E-state index is -0.387. The first-order chi connectivity index (χ1) is 18.6. The molecule has 2 aromatic carbocycles. The third kappa shape index (κ3) is 4.55. The summed E-state index contributed by atoms with van der Waals surface area (Å²) in [5, 5.41) is 11.5. The predicted octanol–water partition coefficient (Wildman–Crippen LogP) is 5.13. The van der Waals surface area contributed by atoms with Gasteiger partial charge < -0.3 is 13.7 Å². The van der Waals surface area contributed by atoms with E-state index < -0.39 is 0 Å². The number of fused-ring (bicyclic) bond motifs is 1. The molecule has 0 spiro atoms. The first-order valence-electron chi connectivity index (χ1n) is 12.4. The van der Waals surface area contributed by atoms with Crippen molar-refractivity contribution >= 4 is 17.2 Å². The number of carbonyl (C=O) groups excluding carboxylic acids is 1. The average Bonchev–Trinajstić information content (AvgIpc) is 3.62. The van der Waals surface area contributed by atoms with Crippen LogP contribution in [0.15, 0.2) is 95.7 Å². The minimum Gasteiger partial charge on any atom is -0.459 e. The molecule has 9 heteroatoms. The number of piperazine rings is 1. The van der Waals surface area contributed by atoms with Crippen LogP contribution in [0.4, 0.5) is 5.69 Å². The lowest BCUT2D eigenvalue weighted by Crippen LogP contribution is -2.48. The van der Waals surface area contributed by atoms with Gasteiger partial charge in [0.1, 0.15) is 5.65 Å². The summed E-state index contributed by atoms with van der Waals surface area (Å²) in [4.78, 5) is 32.8. The number of aromatic nitrogens is 2. The van der Waals surface area contributed by atoms with Crippen LogP contribution >= 0.6 is 0 Å². The summed E-state index contributed by atoms with van der Waals surface area (Å²) in [6, 6.07) is 24.2. The number of nitro groups is 1. The van der Waals surface area contributed by atoms with Crippen LogP contribution in [-0.4, -0.2) is 56.2 Å². The number of imidazole rings is 1. The van der Waals surface area contributed by atoms with Gasteiger partial charge in [0.25, 0.3) is 11.6 Å². The zero-order valence-electron chi connectivity index (χ0n) is 20.6. The van der Waals surface area contributed by atoms with Crippen LogP contribution in [0.3, 0.4) is 0 Å². The molecule has 0 atom stereocenters. The molecule has 9 nitrogen and oxygen atoms in total. The Balaban J connectivity index is 1.34. The predicted molar refractivity (Wildman–Crippen MR) is 143 cm³/mol. The van der Waals surface area contributed by atoms with Crippen molar-refractivity contribution in [1.29, 1.82) is 0 Å². The molecule has 1 amide bonds. The van der Waals surface area contributed by atoms with Crippen molar-refractivity contribution in [2.75, 3.05) is 26.2 Å². The molecule has 5 aromatic rings. The summed E-state index contributed by atoms with van der Waals surface area (Å²) in [5.41, 5.74) is 5.31. The Kier molecular flexibility index (Phi) is 6.19. The smallest absolute Gasteiger partial charge is 0.289 e. The van der Waals surface area contributed by atoms with Crippen molar-refractivity contribution in [3.05, 3.63) is 113 Å². The molecule has 3 aromatic heterocycles. The topological polar surface area (TPSA) is 97.1 Å². The van der Waals surface area contributed by atoms with Gasteiger partial charge in [-0.2, -0.15) is 0 Å². The molecule has 6 rings (SSSR count). The molecule has 38 heavy (non-hydrogen) atoms. The average molecular weight is 508 g/mol. The largest absolute Gasteiger partial charge is 0.459 e. The van der Waals surface area contributed by atoms with Gasteiger partial charge in [-0.3, -0.25) is 19.8 Å². The summed E-state index contributed by atoms with van der Waals surface area (Å²) in [6.07, 6.45) is 3.58.